The maximum atomic E-state index is 2.38. The zero-order valence-electron chi connectivity index (χ0n) is 29.6. The molecule has 2 heteroatoms. The first-order valence-corrected chi connectivity index (χ1v) is 19.2. The Morgan fingerprint density at radius 1 is 0.259 bits per heavy atom. The van der Waals surface area contributed by atoms with Crippen molar-refractivity contribution in [3.63, 3.8) is 0 Å². The van der Waals surface area contributed by atoms with Gasteiger partial charge in [-0.3, -0.25) is 0 Å². The molecule has 0 fully saturated rings. The zero-order chi connectivity index (χ0) is 35.8. The molecule has 0 saturated heterocycles. The van der Waals surface area contributed by atoms with Gasteiger partial charge in [-0.2, -0.15) is 0 Å². The van der Waals surface area contributed by atoms with Gasteiger partial charge in [0.15, 0.2) is 0 Å². The highest BCUT2D eigenvalue weighted by molar-refractivity contribution is 7.25. The van der Waals surface area contributed by atoms with Crippen LogP contribution in [-0.2, 0) is 0 Å². The van der Waals surface area contributed by atoms with Gasteiger partial charge in [-0.15, -0.1) is 11.3 Å². The second kappa shape index (κ2) is 13.7. The van der Waals surface area contributed by atoms with Crippen LogP contribution in [0.5, 0.6) is 0 Å². The molecule has 254 valence electrons. The fourth-order valence-corrected chi connectivity index (χ4v) is 8.80. The van der Waals surface area contributed by atoms with E-state index in [0.717, 1.165) is 17.1 Å². The van der Waals surface area contributed by atoms with Gasteiger partial charge in [0.2, 0.25) is 0 Å². The van der Waals surface area contributed by atoms with Gasteiger partial charge < -0.3 is 4.90 Å². The second-order valence-electron chi connectivity index (χ2n) is 13.8. The quantitative estimate of drug-likeness (QED) is 0.160. The van der Waals surface area contributed by atoms with E-state index in [-0.39, 0.29) is 0 Å². The van der Waals surface area contributed by atoms with E-state index in [1.807, 2.05) is 11.3 Å². The van der Waals surface area contributed by atoms with Crippen molar-refractivity contribution in [2.75, 3.05) is 4.90 Å². The average Bonchev–Trinajstić information content (AvgIpc) is 3.63. The van der Waals surface area contributed by atoms with Crippen molar-refractivity contribution in [3.8, 4) is 44.5 Å². The Morgan fingerprint density at radius 2 is 0.741 bits per heavy atom. The molecule has 0 N–H and O–H groups in total. The summed E-state index contributed by atoms with van der Waals surface area (Å²) in [6.45, 7) is 0. The first kappa shape index (κ1) is 32.0. The van der Waals surface area contributed by atoms with E-state index in [9.17, 15) is 0 Å². The molecule has 1 nitrogen and oxygen atoms in total. The lowest BCUT2D eigenvalue weighted by Gasteiger charge is -2.27. The van der Waals surface area contributed by atoms with Crippen molar-refractivity contribution in [3.05, 3.63) is 212 Å². The molecular formula is C52H35NS. The third kappa shape index (κ3) is 6.03. The minimum Gasteiger partial charge on any atom is -0.310 e. The largest absolute Gasteiger partial charge is 0.310 e. The minimum absolute atomic E-state index is 1.10. The number of benzene rings is 9. The average molecular weight is 706 g/mol. The van der Waals surface area contributed by atoms with Gasteiger partial charge in [0.1, 0.15) is 0 Å². The summed E-state index contributed by atoms with van der Waals surface area (Å²) in [6, 6.07) is 77.2. The highest BCUT2D eigenvalue weighted by Gasteiger charge is 2.16. The molecule has 0 radical (unpaired) electrons. The maximum Gasteiger partial charge on any atom is 0.0467 e. The van der Waals surface area contributed by atoms with Gasteiger partial charge in [0.05, 0.1) is 0 Å². The van der Waals surface area contributed by atoms with Crippen molar-refractivity contribution in [1.29, 1.82) is 0 Å². The van der Waals surface area contributed by atoms with E-state index >= 15 is 0 Å². The molecule has 1 aromatic heterocycles. The summed E-state index contributed by atoms with van der Waals surface area (Å²) >= 11 is 1.86. The molecule has 54 heavy (non-hydrogen) atoms. The van der Waals surface area contributed by atoms with Crippen molar-refractivity contribution in [2.45, 2.75) is 0 Å². The van der Waals surface area contributed by atoms with Gasteiger partial charge >= 0.3 is 0 Å². The van der Waals surface area contributed by atoms with Crippen molar-refractivity contribution < 1.29 is 0 Å². The summed E-state index contributed by atoms with van der Waals surface area (Å²) in [6.07, 6.45) is 0. The smallest absolute Gasteiger partial charge is 0.0467 e. The third-order valence-corrected chi connectivity index (χ3v) is 11.6. The molecule has 1 heterocycles. The molecule has 0 unspecified atom stereocenters. The van der Waals surface area contributed by atoms with Crippen LogP contribution in [0.1, 0.15) is 0 Å². The van der Waals surface area contributed by atoms with Crippen LogP contribution < -0.4 is 4.90 Å². The SMILES string of the molecule is c1ccc(-c2ccc(-c3ccc(N(c4cccc(-c5ccc6ccccc6c5)c4)c4cccc(-c5ccc6c(c5)sc5ccccc56)c4)cc3)cc2)cc1. The Labute approximate surface area is 319 Å². The van der Waals surface area contributed by atoms with Crippen LogP contribution in [0.3, 0.4) is 0 Å². The molecular weight excluding hydrogens is 671 g/mol. The topological polar surface area (TPSA) is 3.24 Å². The minimum atomic E-state index is 1.10. The molecule has 0 atom stereocenters. The van der Waals surface area contributed by atoms with Crippen LogP contribution in [0.2, 0.25) is 0 Å². The number of thiophene rings is 1. The maximum absolute atomic E-state index is 2.38. The first-order valence-electron chi connectivity index (χ1n) is 18.4. The lowest BCUT2D eigenvalue weighted by Crippen LogP contribution is -2.10. The van der Waals surface area contributed by atoms with Crippen LogP contribution in [0.4, 0.5) is 17.1 Å². The molecule has 0 aliphatic carbocycles. The van der Waals surface area contributed by atoms with Crippen LogP contribution in [-0.4, -0.2) is 0 Å². The summed E-state index contributed by atoms with van der Waals surface area (Å²) in [5.41, 5.74) is 13.0. The predicted octanol–water partition coefficient (Wildman–Crippen LogP) is 15.3. The van der Waals surface area contributed by atoms with Gasteiger partial charge in [0, 0.05) is 37.2 Å². The van der Waals surface area contributed by atoms with Crippen molar-refractivity contribution in [2.24, 2.45) is 0 Å². The van der Waals surface area contributed by atoms with E-state index in [4.69, 9.17) is 0 Å². The highest BCUT2D eigenvalue weighted by atomic mass is 32.1. The molecule has 0 aliphatic heterocycles. The van der Waals surface area contributed by atoms with E-state index in [0.29, 0.717) is 0 Å². The molecule has 0 amide bonds. The normalized spacial score (nSPS) is 11.3. The summed E-state index contributed by atoms with van der Waals surface area (Å²) in [4.78, 5) is 2.38. The number of hydrogen-bond donors (Lipinski definition) is 0. The Hall–Kier alpha value is -6.74. The van der Waals surface area contributed by atoms with Gasteiger partial charge in [-0.05, 0) is 110 Å². The lowest BCUT2D eigenvalue weighted by molar-refractivity contribution is 1.28. The third-order valence-electron chi connectivity index (χ3n) is 10.5. The fourth-order valence-electron chi connectivity index (χ4n) is 7.66. The Balaban J connectivity index is 1.05. The molecule has 0 saturated carbocycles. The monoisotopic (exact) mass is 705 g/mol. The summed E-state index contributed by atoms with van der Waals surface area (Å²) in [5.74, 6) is 0. The standard InChI is InChI=1S/C52H35NS/c1-2-10-36(11-3-1)38-20-22-39(23-21-38)40-26-29-46(30-27-40)53(47-16-8-14-42(33-47)44-25-24-37-12-4-5-13-41(37)32-44)48-17-9-15-43(34-48)45-28-31-50-49-18-6-7-19-51(49)54-52(50)35-45/h1-35H. The van der Waals surface area contributed by atoms with Gasteiger partial charge in [-0.1, -0.05) is 158 Å². The predicted molar refractivity (Wildman–Crippen MR) is 233 cm³/mol. The van der Waals surface area contributed by atoms with E-state index in [1.165, 1.54) is 75.5 Å². The Kier molecular flexibility index (Phi) is 8.09. The van der Waals surface area contributed by atoms with E-state index < -0.39 is 0 Å². The Bertz CT molecular complexity index is 2920. The molecule has 10 rings (SSSR count). The summed E-state index contributed by atoms with van der Waals surface area (Å²) < 4.78 is 2.64. The summed E-state index contributed by atoms with van der Waals surface area (Å²) in [7, 11) is 0. The zero-order valence-corrected chi connectivity index (χ0v) is 30.4. The van der Waals surface area contributed by atoms with Crippen molar-refractivity contribution >= 4 is 59.3 Å². The van der Waals surface area contributed by atoms with E-state index in [1.54, 1.807) is 0 Å². The second-order valence-corrected chi connectivity index (χ2v) is 14.9. The van der Waals surface area contributed by atoms with E-state index in [2.05, 4.69) is 217 Å². The number of anilines is 3. The number of nitrogens with zero attached hydrogens (tertiary/aromatic N) is 1. The van der Waals surface area contributed by atoms with Gasteiger partial charge in [0.25, 0.3) is 0 Å². The van der Waals surface area contributed by atoms with Gasteiger partial charge in [-0.25, -0.2) is 0 Å². The van der Waals surface area contributed by atoms with Crippen LogP contribution in [0.15, 0.2) is 212 Å². The van der Waals surface area contributed by atoms with Crippen molar-refractivity contribution in [1.82, 2.24) is 0 Å². The molecule has 0 bridgehead atoms. The number of hydrogen-bond acceptors (Lipinski definition) is 2. The molecule has 10 aromatic rings. The molecule has 9 aromatic carbocycles. The van der Waals surface area contributed by atoms with Crippen LogP contribution in [0.25, 0.3) is 75.5 Å². The van der Waals surface area contributed by atoms with Crippen LogP contribution in [0, 0.1) is 0 Å². The molecule has 0 aliphatic rings. The number of fused-ring (bicyclic) bond motifs is 4. The first-order chi connectivity index (χ1) is 26.7. The lowest BCUT2D eigenvalue weighted by atomic mass is 9.99. The molecule has 0 spiro atoms. The highest BCUT2D eigenvalue weighted by Crippen LogP contribution is 2.41. The summed E-state index contributed by atoms with van der Waals surface area (Å²) in [5, 5.41) is 5.13. The number of rotatable bonds is 7. The Morgan fingerprint density at radius 3 is 1.44 bits per heavy atom. The fraction of sp³-hybridized carbons (Fsp3) is 0. The van der Waals surface area contributed by atoms with Crippen LogP contribution >= 0.6 is 11.3 Å².